The molecule has 0 unspecified atom stereocenters. The van der Waals surface area contributed by atoms with Crippen LogP contribution in [0.5, 0.6) is 5.88 Å². The Hall–Kier alpha value is -1.66. The summed E-state index contributed by atoms with van der Waals surface area (Å²) in [5.74, 6) is 0.659. The van der Waals surface area contributed by atoms with Gasteiger partial charge in [0.1, 0.15) is 12.4 Å². The quantitative estimate of drug-likeness (QED) is 0.875. The maximum absolute atomic E-state index is 12.5. The summed E-state index contributed by atoms with van der Waals surface area (Å²) in [5.41, 5.74) is 6.03. The van der Waals surface area contributed by atoms with Crippen molar-refractivity contribution in [1.29, 1.82) is 0 Å². The van der Waals surface area contributed by atoms with E-state index in [0.717, 1.165) is 4.90 Å². The molecule has 0 atom stereocenters. The minimum Gasteiger partial charge on any atom is -0.476 e. The molecule has 1 aromatic heterocycles. The number of aromatic nitrogens is 1. The number of halogens is 3. The lowest BCUT2D eigenvalue weighted by Crippen LogP contribution is -2.34. The van der Waals surface area contributed by atoms with Gasteiger partial charge in [-0.15, -0.1) is 0 Å². The smallest absolute Gasteiger partial charge is 0.405 e. The number of ether oxygens (including phenoxy) is 1. The van der Waals surface area contributed by atoms with E-state index in [1.165, 1.54) is 12.1 Å². The van der Waals surface area contributed by atoms with Crippen LogP contribution in [-0.2, 0) is 0 Å². The Morgan fingerprint density at radius 1 is 1.35 bits per heavy atom. The van der Waals surface area contributed by atoms with Crippen molar-refractivity contribution < 1.29 is 17.9 Å². The lowest BCUT2D eigenvalue weighted by atomic mass is 10.2. The fourth-order valence-corrected chi connectivity index (χ4v) is 1.55. The van der Waals surface area contributed by atoms with Gasteiger partial charge in [-0.05, 0) is 25.0 Å². The van der Waals surface area contributed by atoms with E-state index in [0.29, 0.717) is 12.3 Å². The predicted octanol–water partition coefficient (Wildman–Crippen LogP) is 3.09. The maximum atomic E-state index is 12.5. The fraction of sp³-hybridized carbons (Fsp3) is 0.615. The first-order chi connectivity index (χ1) is 9.23. The Balaban J connectivity index is 2.91. The van der Waals surface area contributed by atoms with Crippen LogP contribution < -0.4 is 15.4 Å². The molecule has 2 N–H and O–H groups in total. The average molecular weight is 291 g/mol. The lowest BCUT2D eigenvalue weighted by Gasteiger charge is -2.24. The minimum absolute atomic E-state index is 0.178. The molecule has 0 spiro atoms. The largest absolute Gasteiger partial charge is 0.476 e. The molecule has 0 aliphatic carbocycles. The van der Waals surface area contributed by atoms with E-state index in [2.05, 4.69) is 4.98 Å². The van der Waals surface area contributed by atoms with Crippen LogP contribution in [0.3, 0.4) is 0 Å². The van der Waals surface area contributed by atoms with Gasteiger partial charge in [0.05, 0.1) is 12.3 Å². The van der Waals surface area contributed by atoms with Crippen molar-refractivity contribution in [3.63, 3.8) is 0 Å². The summed E-state index contributed by atoms with van der Waals surface area (Å²) in [7, 11) is 0. The molecular weight excluding hydrogens is 271 g/mol. The summed E-state index contributed by atoms with van der Waals surface area (Å²) >= 11 is 0. The Bertz CT molecular complexity index is 435. The van der Waals surface area contributed by atoms with Crippen molar-refractivity contribution >= 4 is 11.5 Å². The minimum atomic E-state index is -4.28. The zero-order valence-corrected chi connectivity index (χ0v) is 11.9. The zero-order chi connectivity index (χ0) is 15.3. The summed E-state index contributed by atoms with van der Waals surface area (Å²) in [5, 5.41) is 0. The average Bonchev–Trinajstić information content (AvgIpc) is 2.34. The molecule has 114 valence electrons. The Labute approximate surface area is 116 Å². The second-order valence-corrected chi connectivity index (χ2v) is 4.90. The number of nitrogens with two attached hydrogens (primary N) is 1. The van der Waals surface area contributed by atoms with Crippen molar-refractivity contribution in [3.05, 3.63) is 12.1 Å². The van der Waals surface area contributed by atoms with E-state index in [9.17, 15) is 13.2 Å². The number of nitrogens with zero attached hydrogens (tertiary/aromatic N) is 2. The van der Waals surface area contributed by atoms with Crippen LogP contribution in [0.1, 0.15) is 20.8 Å². The summed E-state index contributed by atoms with van der Waals surface area (Å²) < 4.78 is 42.9. The van der Waals surface area contributed by atoms with Crippen LogP contribution in [0, 0.1) is 5.92 Å². The molecule has 0 fully saturated rings. The summed E-state index contributed by atoms with van der Waals surface area (Å²) in [6.07, 6.45) is -4.28. The Kier molecular flexibility index (Phi) is 5.47. The van der Waals surface area contributed by atoms with Gasteiger partial charge >= 0.3 is 6.18 Å². The highest BCUT2D eigenvalue weighted by molar-refractivity contribution is 5.54. The van der Waals surface area contributed by atoms with Gasteiger partial charge in [-0.25, -0.2) is 0 Å². The first kappa shape index (κ1) is 16.4. The van der Waals surface area contributed by atoms with Crippen molar-refractivity contribution in [2.75, 3.05) is 30.3 Å². The number of alkyl halides is 3. The molecule has 7 heteroatoms. The maximum Gasteiger partial charge on any atom is 0.405 e. The third kappa shape index (κ3) is 5.14. The second kappa shape index (κ2) is 6.67. The highest BCUT2D eigenvalue weighted by Gasteiger charge is 2.31. The fourth-order valence-electron chi connectivity index (χ4n) is 1.55. The predicted molar refractivity (Wildman–Crippen MR) is 72.9 cm³/mol. The van der Waals surface area contributed by atoms with Crippen LogP contribution in [0.25, 0.3) is 0 Å². The van der Waals surface area contributed by atoms with Crippen LogP contribution in [0.15, 0.2) is 12.1 Å². The van der Waals surface area contributed by atoms with Crippen molar-refractivity contribution in [2.45, 2.75) is 26.9 Å². The van der Waals surface area contributed by atoms with Gasteiger partial charge in [0.2, 0.25) is 5.88 Å². The highest BCUT2D eigenvalue weighted by Crippen LogP contribution is 2.26. The van der Waals surface area contributed by atoms with Gasteiger partial charge < -0.3 is 15.4 Å². The SMILES string of the molecule is CCN(CC(F)(F)F)c1ccc(N)c(OCC(C)C)n1. The van der Waals surface area contributed by atoms with Gasteiger partial charge in [0, 0.05) is 6.54 Å². The molecule has 1 heterocycles. The molecule has 0 saturated heterocycles. The van der Waals surface area contributed by atoms with Crippen molar-refractivity contribution in [1.82, 2.24) is 4.98 Å². The van der Waals surface area contributed by atoms with Crippen LogP contribution in [-0.4, -0.2) is 30.9 Å². The zero-order valence-electron chi connectivity index (χ0n) is 11.9. The molecule has 0 aliphatic rings. The van der Waals surface area contributed by atoms with Gasteiger partial charge in [-0.2, -0.15) is 18.2 Å². The number of rotatable bonds is 6. The van der Waals surface area contributed by atoms with E-state index in [-0.39, 0.29) is 24.2 Å². The topological polar surface area (TPSA) is 51.4 Å². The third-order valence-electron chi connectivity index (χ3n) is 2.50. The first-order valence-corrected chi connectivity index (χ1v) is 6.44. The van der Waals surface area contributed by atoms with E-state index in [1.807, 2.05) is 13.8 Å². The van der Waals surface area contributed by atoms with Crippen molar-refractivity contribution in [3.8, 4) is 5.88 Å². The lowest BCUT2D eigenvalue weighted by molar-refractivity contribution is -0.119. The molecule has 20 heavy (non-hydrogen) atoms. The second-order valence-electron chi connectivity index (χ2n) is 4.90. The number of hydrogen-bond acceptors (Lipinski definition) is 4. The number of anilines is 2. The third-order valence-corrected chi connectivity index (χ3v) is 2.50. The standard InChI is InChI=1S/C13H20F3N3O/c1-4-19(8-13(14,15)16)11-6-5-10(17)12(18-11)20-7-9(2)3/h5-6,9H,4,7-8,17H2,1-3H3. The molecule has 1 rings (SSSR count). The summed E-state index contributed by atoms with van der Waals surface area (Å²) in [4.78, 5) is 5.20. The van der Waals surface area contributed by atoms with E-state index < -0.39 is 12.7 Å². The first-order valence-electron chi connectivity index (χ1n) is 6.44. The molecule has 0 saturated carbocycles. The molecule has 0 aromatic carbocycles. The molecular formula is C13H20F3N3O. The number of pyridine rings is 1. The number of nitrogen functional groups attached to an aromatic ring is 1. The highest BCUT2D eigenvalue weighted by atomic mass is 19.4. The van der Waals surface area contributed by atoms with E-state index in [1.54, 1.807) is 6.92 Å². The molecule has 4 nitrogen and oxygen atoms in total. The van der Waals surface area contributed by atoms with Crippen LogP contribution in [0.2, 0.25) is 0 Å². The van der Waals surface area contributed by atoms with Crippen LogP contribution in [0.4, 0.5) is 24.7 Å². The number of hydrogen-bond donors (Lipinski definition) is 1. The Morgan fingerprint density at radius 2 is 2.00 bits per heavy atom. The molecule has 0 bridgehead atoms. The van der Waals surface area contributed by atoms with Crippen molar-refractivity contribution in [2.24, 2.45) is 5.92 Å². The van der Waals surface area contributed by atoms with Gasteiger partial charge in [-0.1, -0.05) is 13.8 Å². The summed E-state index contributed by atoms with van der Waals surface area (Å²) in [6, 6.07) is 2.98. The Morgan fingerprint density at radius 3 is 2.50 bits per heavy atom. The molecule has 0 amide bonds. The molecule has 0 radical (unpaired) electrons. The van der Waals surface area contributed by atoms with E-state index >= 15 is 0 Å². The normalized spacial score (nSPS) is 11.8. The van der Waals surface area contributed by atoms with Gasteiger partial charge in [-0.3, -0.25) is 0 Å². The monoisotopic (exact) mass is 291 g/mol. The van der Waals surface area contributed by atoms with Gasteiger partial charge in [0.15, 0.2) is 0 Å². The molecule has 1 aromatic rings. The van der Waals surface area contributed by atoms with E-state index in [4.69, 9.17) is 10.5 Å². The van der Waals surface area contributed by atoms with Crippen LogP contribution >= 0.6 is 0 Å². The molecule has 0 aliphatic heterocycles. The van der Waals surface area contributed by atoms with Gasteiger partial charge in [0.25, 0.3) is 0 Å². The summed E-state index contributed by atoms with van der Waals surface area (Å²) in [6.45, 7) is 5.11.